The van der Waals surface area contributed by atoms with Crippen LogP contribution in [0.5, 0.6) is 0 Å². The lowest BCUT2D eigenvalue weighted by molar-refractivity contribution is -0.120. The lowest BCUT2D eigenvalue weighted by atomic mass is 10.1. The Kier molecular flexibility index (Phi) is 6.47. The Morgan fingerprint density at radius 2 is 1.81 bits per heavy atom. The van der Waals surface area contributed by atoms with Crippen LogP contribution >= 0.6 is 11.6 Å². The van der Waals surface area contributed by atoms with Gasteiger partial charge in [0.1, 0.15) is 12.4 Å². The zero-order valence-corrected chi connectivity index (χ0v) is 15.2. The zero-order valence-electron chi connectivity index (χ0n) is 13.7. The van der Waals surface area contributed by atoms with Gasteiger partial charge < -0.3 is 4.74 Å². The number of nitrogens with one attached hydrogen (secondary N) is 1. The van der Waals surface area contributed by atoms with Crippen molar-refractivity contribution in [2.45, 2.75) is 18.4 Å². The molecule has 0 atom stereocenters. The van der Waals surface area contributed by atoms with E-state index >= 15 is 0 Å². The van der Waals surface area contributed by atoms with Crippen molar-refractivity contribution in [2.75, 3.05) is 6.61 Å². The van der Waals surface area contributed by atoms with Crippen molar-refractivity contribution in [3.05, 3.63) is 64.4 Å². The summed E-state index contributed by atoms with van der Waals surface area (Å²) in [5.41, 5.74) is 0.827. The first kappa shape index (κ1) is 20.0. The number of carbonyl (C=O) groups is 2. The molecule has 26 heavy (non-hydrogen) atoms. The summed E-state index contributed by atoms with van der Waals surface area (Å²) in [6, 6.07) is 9.11. The number of esters is 1. The molecule has 0 saturated carbocycles. The van der Waals surface area contributed by atoms with Crippen LogP contribution in [-0.2, 0) is 26.1 Å². The van der Waals surface area contributed by atoms with Crippen molar-refractivity contribution in [1.82, 2.24) is 4.72 Å². The first-order chi connectivity index (χ1) is 12.2. The van der Waals surface area contributed by atoms with Gasteiger partial charge in [0.15, 0.2) is 5.78 Å². The lowest BCUT2D eigenvalue weighted by Gasteiger charge is -2.08. The maximum atomic E-state index is 13.1. The number of rotatable bonds is 7. The molecule has 0 amide bonds. The van der Waals surface area contributed by atoms with Crippen LogP contribution in [0.1, 0.15) is 22.8 Å². The van der Waals surface area contributed by atoms with Gasteiger partial charge in [0.25, 0.3) is 0 Å². The van der Waals surface area contributed by atoms with E-state index in [9.17, 15) is 22.4 Å². The van der Waals surface area contributed by atoms with E-state index < -0.39 is 21.8 Å². The summed E-state index contributed by atoms with van der Waals surface area (Å²) in [4.78, 5) is 22.3. The number of ether oxygens (including phenoxy) is 1. The first-order valence-electron chi connectivity index (χ1n) is 7.39. The highest BCUT2D eigenvalue weighted by Crippen LogP contribution is 2.19. The van der Waals surface area contributed by atoms with Gasteiger partial charge in [0.05, 0.1) is 15.5 Å². The van der Waals surface area contributed by atoms with Gasteiger partial charge in [-0.15, -0.1) is 0 Å². The van der Waals surface area contributed by atoms with E-state index in [1.165, 1.54) is 19.1 Å². The monoisotopic (exact) mass is 399 g/mol. The topological polar surface area (TPSA) is 89.5 Å². The van der Waals surface area contributed by atoms with Gasteiger partial charge in [-0.1, -0.05) is 23.7 Å². The third-order valence-electron chi connectivity index (χ3n) is 3.26. The smallest absolute Gasteiger partial charge is 0.338 e. The van der Waals surface area contributed by atoms with Crippen molar-refractivity contribution < 1.29 is 27.1 Å². The van der Waals surface area contributed by atoms with Crippen LogP contribution in [0.25, 0.3) is 0 Å². The number of sulfonamides is 1. The predicted molar refractivity (Wildman–Crippen MR) is 92.8 cm³/mol. The predicted octanol–water partition coefficient (Wildman–Crippen LogP) is 2.70. The van der Waals surface area contributed by atoms with Crippen LogP contribution in [0.3, 0.4) is 0 Å². The second kappa shape index (κ2) is 8.39. The van der Waals surface area contributed by atoms with Crippen LogP contribution in [-0.4, -0.2) is 26.8 Å². The van der Waals surface area contributed by atoms with Crippen LogP contribution in [0.4, 0.5) is 4.39 Å². The maximum absolute atomic E-state index is 13.1. The van der Waals surface area contributed by atoms with Gasteiger partial charge in [-0.25, -0.2) is 22.3 Å². The molecule has 0 spiro atoms. The van der Waals surface area contributed by atoms with Crippen LogP contribution in [0.2, 0.25) is 5.02 Å². The average Bonchev–Trinajstić information content (AvgIpc) is 2.60. The summed E-state index contributed by atoms with van der Waals surface area (Å²) >= 11 is 5.60. The summed E-state index contributed by atoms with van der Waals surface area (Å²) in [6.45, 7) is 0.956. The van der Waals surface area contributed by atoms with Crippen LogP contribution < -0.4 is 4.72 Å². The lowest BCUT2D eigenvalue weighted by Crippen LogP contribution is -2.23. The summed E-state index contributed by atoms with van der Waals surface area (Å²) in [5, 5.41) is -0.290. The molecule has 2 aromatic rings. The first-order valence-corrected chi connectivity index (χ1v) is 9.25. The second-order valence-corrected chi connectivity index (χ2v) is 7.55. The molecule has 1 N–H and O–H groups in total. The number of ketones is 1. The molecule has 0 aliphatic heterocycles. The molecule has 0 aromatic heterocycles. The SMILES string of the molecule is CC(=O)COC(=O)c1ccc(CNS(=O)(=O)c2ccc(F)c(Cl)c2)cc1. The molecule has 0 radical (unpaired) electrons. The molecule has 0 fully saturated rings. The number of halogens is 2. The van der Waals surface area contributed by atoms with Gasteiger partial charge in [-0.05, 0) is 42.8 Å². The van der Waals surface area contributed by atoms with Crippen molar-refractivity contribution in [1.29, 1.82) is 0 Å². The number of hydrogen-bond acceptors (Lipinski definition) is 5. The summed E-state index contributed by atoms with van der Waals surface area (Å²) in [5.74, 6) is -1.63. The maximum Gasteiger partial charge on any atom is 0.338 e. The molecule has 0 saturated heterocycles. The van der Waals surface area contributed by atoms with Gasteiger partial charge in [0.2, 0.25) is 10.0 Å². The van der Waals surface area contributed by atoms with Crippen LogP contribution in [0, 0.1) is 5.82 Å². The molecule has 0 bridgehead atoms. The Morgan fingerprint density at radius 1 is 1.15 bits per heavy atom. The fourth-order valence-electron chi connectivity index (χ4n) is 1.91. The largest absolute Gasteiger partial charge is 0.454 e. The van der Waals surface area contributed by atoms with E-state index in [2.05, 4.69) is 4.72 Å². The van der Waals surface area contributed by atoms with E-state index in [1.54, 1.807) is 12.1 Å². The molecule has 0 aliphatic rings. The third kappa shape index (κ3) is 5.35. The summed E-state index contributed by atoms with van der Waals surface area (Å²) in [6.07, 6.45) is 0. The number of hydrogen-bond donors (Lipinski definition) is 1. The fraction of sp³-hybridized carbons (Fsp3) is 0.176. The van der Waals surface area contributed by atoms with Gasteiger partial charge in [-0.3, -0.25) is 4.79 Å². The number of Topliss-reactive ketones (excluding diaryl/α,β-unsaturated/α-hetero) is 1. The van der Waals surface area contributed by atoms with Crippen molar-refractivity contribution in [2.24, 2.45) is 0 Å². The second-order valence-electron chi connectivity index (χ2n) is 5.38. The van der Waals surface area contributed by atoms with Gasteiger partial charge in [-0.2, -0.15) is 0 Å². The van der Waals surface area contributed by atoms with E-state index in [0.717, 1.165) is 18.2 Å². The summed E-state index contributed by atoms with van der Waals surface area (Å²) < 4.78 is 44.7. The molecule has 0 heterocycles. The van der Waals surface area contributed by atoms with Crippen molar-refractivity contribution in [3.8, 4) is 0 Å². The minimum absolute atomic E-state index is 0.0416. The Morgan fingerprint density at radius 3 is 2.38 bits per heavy atom. The molecular formula is C17H15ClFNO5S. The number of benzene rings is 2. The molecule has 6 nitrogen and oxygen atoms in total. The summed E-state index contributed by atoms with van der Waals surface area (Å²) in [7, 11) is -3.87. The average molecular weight is 400 g/mol. The standard InChI is InChI=1S/C17H15ClFNO5S/c1-11(21)10-25-17(22)13-4-2-12(3-5-13)9-20-26(23,24)14-6-7-16(19)15(18)8-14/h2-8,20H,9-10H2,1H3. The molecule has 0 unspecified atom stereocenters. The highest BCUT2D eigenvalue weighted by atomic mass is 35.5. The van der Waals surface area contributed by atoms with E-state index in [4.69, 9.17) is 16.3 Å². The van der Waals surface area contributed by atoms with Crippen molar-refractivity contribution >= 4 is 33.4 Å². The highest BCUT2D eigenvalue weighted by molar-refractivity contribution is 7.89. The Labute approximate surface area is 155 Å². The Bertz CT molecular complexity index is 929. The molecular weight excluding hydrogens is 385 g/mol. The Hall–Kier alpha value is -2.29. The third-order valence-corrected chi connectivity index (χ3v) is 4.95. The minimum Gasteiger partial charge on any atom is -0.454 e. The molecule has 2 aromatic carbocycles. The normalized spacial score (nSPS) is 11.2. The minimum atomic E-state index is -3.87. The van der Waals surface area contributed by atoms with E-state index in [1.807, 2.05) is 0 Å². The van der Waals surface area contributed by atoms with E-state index in [-0.39, 0.29) is 34.4 Å². The van der Waals surface area contributed by atoms with Crippen LogP contribution in [0.15, 0.2) is 47.4 Å². The molecule has 138 valence electrons. The van der Waals surface area contributed by atoms with E-state index in [0.29, 0.717) is 5.56 Å². The Balaban J connectivity index is 2.01. The molecule has 0 aliphatic carbocycles. The quantitative estimate of drug-likeness (QED) is 0.723. The van der Waals surface area contributed by atoms with Gasteiger partial charge >= 0.3 is 5.97 Å². The molecule has 2 rings (SSSR count). The fourth-order valence-corrected chi connectivity index (χ4v) is 3.20. The zero-order chi connectivity index (χ0) is 19.3. The number of carbonyl (C=O) groups excluding carboxylic acids is 2. The highest BCUT2D eigenvalue weighted by Gasteiger charge is 2.16. The van der Waals surface area contributed by atoms with Crippen molar-refractivity contribution in [3.63, 3.8) is 0 Å². The molecule has 9 heteroatoms. The van der Waals surface area contributed by atoms with Gasteiger partial charge in [0, 0.05) is 6.54 Å².